The molecule has 3 rings (SSSR count). The smallest absolute Gasteiger partial charge is 0.241 e. The van der Waals surface area contributed by atoms with Gasteiger partial charge in [-0.25, -0.2) is 0 Å². The van der Waals surface area contributed by atoms with E-state index >= 15 is 0 Å². The highest BCUT2D eigenvalue weighted by molar-refractivity contribution is 5.88. The van der Waals surface area contributed by atoms with E-state index in [1.165, 1.54) is 0 Å². The fraction of sp³-hybridized carbons (Fsp3) is 0.462. The van der Waals surface area contributed by atoms with Gasteiger partial charge in [-0.1, -0.05) is 12.1 Å². The summed E-state index contributed by atoms with van der Waals surface area (Å²) in [5.74, 6) is 0.0916. The quantitative estimate of drug-likeness (QED) is 0.781. The van der Waals surface area contributed by atoms with Crippen LogP contribution in [-0.4, -0.2) is 31.2 Å². The Morgan fingerprint density at radius 3 is 2.58 bits per heavy atom. The van der Waals surface area contributed by atoms with Crippen molar-refractivity contribution in [1.82, 2.24) is 10.6 Å². The topological polar surface area (TPSA) is 73.8 Å². The highest BCUT2D eigenvalue weighted by Gasteiger charge is 2.44. The van der Waals surface area contributed by atoms with E-state index < -0.39 is 5.54 Å². The number of amides is 1. The molecule has 0 radical (unpaired) electrons. The third-order valence-corrected chi connectivity index (χ3v) is 4.05. The van der Waals surface area contributed by atoms with E-state index in [1.807, 2.05) is 12.1 Å². The first-order valence-corrected chi connectivity index (χ1v) is 6.46. The molecule has 1 amide bonds. The Hall–Kier alpha value is -1.95. The number of nitrogens with one attached hydrogen (secondary N) is 2. The van der Waals surface area contributed by atoms with Crippen LogP contribution in [0.15, 0.2) is 29.4 Å². The molecular weight excluding hydrogens is 244 g/mol. The van der Waals surface area contributed by atoms with E-state index in [4.69, 9.17) is 0 Å². The number of hydrogen-bond donors (Lipinski definition) is 2. The molecule has 0 unspecified atom stereocenters. The summed E-state index contributed by atoms with van der Waals surface area (Å²) in [5, 5.41) is 9.13. The van der Waals surface area contributed by atoms with E-state index in [0.717, 1.165) is 31.6 Å². The Kier molecular flexibility index (Phi) is 2.94. The van der Waals surface area contributed by atoms with Crippen LogP contribution in [0.3, 0.4) is 0 Å². The molecule has 0 aromatic heterocycles. The number of para-hydroxylation sites is 1. The largest absolute Gasteiger partial charge is 0.370 e. The van der Waals surface area contributed by atoms with Gasteiger partial charge in [-0.3, -0.25) is 10.1 Å². The van der Waals surface area contributed by atoms with Gasteiger partial charge in [0.05, 0.1) is 12.4 Å². The molecule has 19 heavy (non-hydrogen) atoms. The van der Waals surface area contributed by atoms with Crippen LogP contribution in [0.4, 0.5) is 11.4 Å². The Bertz CT molecular complexity index is 509. The Labute approximate surface area is 111 Å². The fourth-order valence-electron chi connectivity index (χ4n) is 2.89. The maximum atomic E-state index is 11.9. The van der Waals surface area contributed by atoms with Crippen LogP contribution in [-0.2, 0) is 4.79 Å². The average Bonchev–Trinajstić information content (AvgIpc) is 2.81. The highest BCUT2D eigenvalue weighted by atomic mass is 16.3. The zero-order valence-corrected chi connectivity index (χ0v) is 10.6. The van der Waals surface area contributed by atoms with Gasteiger partial charge < -0.3 is 10.2 Å². The molecule has 0 atom stereocenters. The number of rotatable bonds is 2. The molecule has 2 heterocycles. The summed E-state index contributed by atoms with van der Waals surface area (Å²) in [6, 6.07) is 7.32. The SMILES string of the molecule is O=Nc1ccccc1N1CCC2(CC1)NCNC2=O. The van der Waals surface area contributed by atoms with E-state index in [9.17, 15) is 9.70 Å². The van der Waals surface area contributed by atoms with Crippen LogP contribution in [0.5, 0.6) is 0 Å². The van der Waals surface area contributed by atoms with Crippen LogP contribution in [0.2, 0.25) is 0 Å². The van der Waals surface area contributed by atoms with E-state index in [2.05, 4.69) is 20.7 Å². The van der Waals surface area contributed by atoms with Crippen molar-refractivity contribution >= 4 is 17.3 Å². The minimum Gasteiger partial charge on any atom is -0.370 e. The van der Waals surface area contributed by atoms with Crippen molar-refractivity contribution in [2.75, 3.05) is 24.7 Å². The Balaban J connectivity index is 1.77. The minimum atomic E-state index is -0.417. The van der Waals surface area contributed by atoms with Crippen LogP contribution in [0.1, 0.15) is 12.8 Å². The normalized spacial score (nSPS) is 21.5. The van der Waals surface area contributed by atoms with Gasteiger partial charge in [0, 0.05) is 13.1 Å². The number of benzene rings is 1. The molecule has 0 saturated carbocycles. The molecule has 2 fully saturated rings. The van der Waals surface area contributed by atoms with E-state index in [-0.39, 0.29) is 5.91 Å². The number of nitrogens with zero attached hydrogens (tertiary/aromatic N) is 2. The predicted molar refractivity (Wildman–Crippen MR) is 72.2 cm³/mol. The summed E-state index contributed by atoms with van der Waals surface area (Å²) >= 11 is 0. The maximum absolute atomic E-state index is 11.9. The molecule has 100 valence electrons. The predicted octanol–water partition coefficient (Wildman–Crippen LogP) is 1.10. The van der Waals surface area contributed by atoms with E-state index in [0.29, 0.717) is 12.4 Å². The zero-order valence-electron chi connectivity index (χ0n) is 10.6. The second-order valence-corrected chi connectivity index (χ2v) is 5.01. The molecule has 1 aromatic carbocycles. The van der Waals surface area contributed by atoms with Gasteiger partial charge in [-0.2, -0.15) is 0 Å². The lowest BCUT2D eigenvalue weighted by atomic mass is 9.87. The van der Waals surface area contributed by atoms with Crippen LogP contribution in [0, 0.1) is 4.91 Å². The molecule has 0 bridgehead atoms. The standard InChI is InChI=1S/C13H16N4O2/c18-12-13(15-9-14-12)5-7-17(8-6-13)11-4-2-1-3-10(11)16-19/h1-4,15H,5-9H2,(H,14,18). The van der Waals surface area contributed by atoms with Crippen LogP contribution >= 0.6 is 0 Å². The zero-order chi connectivity index (χ0) is 13.3. The number of piperidine rings is 1. The number of carbonyl (C=O) groups is 1. The third-order valence-electron chi connectivity index (χ3n) is 4.05. The number of carbonyl (C=O) groups excluding carboxylic acids is 1. The van der Waals surface area contributed by atoms with Crippen molar-refractivity contribution in [3.63, 3.8) is 0 Å². The van der Waals surface area contributed by atoms with Gasteiger partial charge in [0.2, 0.25) is 5.91 Å². The van der Waals surface area contributed by atoms with E-state index in [1.54, 1.807) is 12.1 Å². The molecule has 1 spiro atoms. The van der Waals surface area contributed by atoms with Gasteiger partial charge in [0.25, 0.3) is 0 Å². The fourth-order valence-corrected chi connectivity index (χ4v) is 2.89. The number of nitroso groups, excluding NO2 is 1. The summed E-state index contributed by atoms with van der Waals surface area (Å²) < 4.78 is 0. The molecule has 6 nitrogen and oxygen atoms in total. The second kappa shape index (κ2) is 4.62. The number of anilines is 1. The van der Waals surface area contributed by atoms with Crippen molar-refractivity contribution in [2.45, 2.75) is 18.4 Å². The summed E-state index contributed by atoms with van der Waals surface area (Å²) in [4.78, 5) is 24.8. The maximum Gasteiger partial charge on any atom is 0.241 e. The first kappa shape index (κ1) is 12.1. The minimum absolute atomic E-state index is 0.0916. The van der Waals surface area contributed by atoms with Crippen molar-refractivity contribution in [2.24, 2.45) is 5.18 Å². The lowest BCUT2D eigenvalue weighted by molar-refractivity contribution is -0.124. The average molecular weight is 260 g/mol. The van der Waals surface area contributed by atoms with Crippen molar-refractivity contribution in [3.8, 4) is 0 Å². The number of hydrogen-bond acceptors (Lipinski definition) is 5. The molecule has 2 aliphatic heterocycles. The van der Waals surface area contributed by atoms with Crippen molar-refractivity contribution < 1.29 is 4.79 Å². The second-order valence-electron chi connectivity index (χ2n) is 5.01. The molecular formula is C13H16N4O2. The molecule has 1 aromatic rings. The third kappa shape index (κ3) is 1.98. The van der Waals surface area contributed by atoms with Crippen molar-refractivity contribution in [1.29, 1.82) is 0 Å². The summed E-state index contributed by atoms with van der Waals surface area (Å²) in [5.41, 5.74) is 0.896. The molecule has 0 aliphatic carbocycles. The molecule has 2 saturated heterocycles. The molecule has 2 aliphatic rings. The van der Waals surface area contributed by atoms with Gasteiger partial charge >= 0.3 is 0 Å². The summed E-state index contributed by atoms with van der Waals surface area (Å²) in [7, 11) is 0. The van der Waals surface area contributed by atoms with Gasteiger partial charge in [0.15, 0.2) is 0 Å². The van der Waals surface area contributed by atoms with Crippen molar-refractivity contribution in [3.05, 3.63) is 29.2 Å². The Morgan fingerprint density at radius 2 is 1.95 bits per heavy atom. The van der Waals surface area contributed by atoms with Gasteiger partial charge in [0.1, 0.15) is 11.2 Å². The first-order chi connectivity index (χ1) is 9.25. The molecule has 6 heteroatoms. The summed E-state index contributed by atoms with van der Waals surface area (Å²) in [6.45, 7) is 2.03. The lowest BCUT2D eigenvalue weighted by Gasteiger charge is -2.38. The lowest BCUT2D eigenvalue weighted by Crippen LogP contribution is -2.54. The van der Waals surface area contributed by atoms with Crippen LogP contribution < -0.4 is 15.5 Å². The van der Waals surface area contributed by atoms with Gasteiger partial charge in [-0.05, 0) is 30.2 Å². The van der Waals surface area contributed by atoms with Crippen LogP contribution in [0.25, 0.3) is 0 Å². The first-order valence-electron chi connectivity index (χ1n) is 6.46. The van der Waals surface area contributed by atoms with Gasteiger partial charge in [-0.15, -0.1) is 4.91 Å². The molecule has 2 N–H and O–H groups in total. The Morgan fingerprint density at radius 1 is 1.21 bits per heavy atom. The highest BCUT2D eigenvalue weighted by Crippen LogP contribution is 2.33. The monoisotopic (exact) mass is 260 g/mol. The summed E-state index contributed by atoms with van der Waals surface area (Å²) in [6.07, 6.45) is 1.48.